The highest BCUT2D eigenvalue weighted by Crippen LogP contribution is 2.22. The fourth-order valence-electron chi connectivity index (χ4n) is 3.22. The van der Waals surface area contributed by atoms with Gasteiger partial charge in [0, 0.05) is 12.1 Å². The van der Waals surface area contributed by atoms with Crippen molar-refractivity contribution in [2.24, 2.45) is 5.10 Å². The Kier molecular flexibility index (Phi) is 6.08. The van der Waals surface area contributed by atoms with Crippen molar-refractivity contribution in [2.45, 2.75) is 32.7 Å². The first kappa shape index (κ1) is 18.9. The maximum Gasteiger partial charge on any atom is 0.275 e. The van der Waals surface area contributed by atoms with Crippen LogP contribution in [0.1, 0.15) is 47.7 Å². The van der Waals surface area contributed by atoms with Crippen LogP contribution in [0.5, 0.6) is 11.5 Å². The molecule has 1 amide bonds. The lowest BCUT2D eigenvalue weighted by atomic mass is 10.0. The van der Waals surface area contributed by atoms with E-state index < -0.39 is 5.91 Å². The third kappa shape index (κ3) is 4.86. The first-order chi connectivity index (χ1) is 13.0. The van der Waals surface area contributed by atoms with E-state index in [2.05, 4.69) is 15.4 Å². The third-order valence-electron chi connectivity index (χ3n) is 4.81. The summed E-state index contributed by atoms with van der Waals surface area (Å²) >= 11 is 0. The van der Waals surface area contributed by atoms with E-state index in [4.69, 9.17) is 0 Å². The number of benzene rings is 2. The van der Waals surface area contributed by atoms with Gasteiger partial charge >= 0.3 is 0 Å². The second-order valence-corrected chi connectivity index (χ2v) is 6.84. The number of hydrogen-bond donors (Lipinski definition) is 3. The van der Waals surface area contributed by atoms with E-state index in [1.165, 1.54) is 31.4 Å². The summed E-state index contributed by atoms with van der Waals surface area (Å²) in [6, 6.07) is 11.7. The molecule has 3 N–H and O–H groups in total. The summed E-state index contributed by atoms with van der Waals surface area (Å²) < 4.78 is 0. The summed E-state index contributed by atoms with van der Waals surface area (Å²) in [5.74, 6) is -0.286. The van der Waals surface area contributed by atoms with Crippen molar-refractivity contribution in [2.75, 3.05) is 13.1 Å². The van der Waals surface area contributed by atoms with Crippen LogP contribution < -0.4 is 5.43 Å². The average molecular weight is 367 g/mol. The van der Waals surface area contributed by atoms with Gasteiger partial charge in [0.25, 0.3) is 5.91 Å². The van der Waals surface area contributed by atoms with Gasteiger partial charge in [0.05, 0.1) is 11.3 Å². The first-order valence-corrected chi connectivity index (χ1v) is 9.22. The molecule has 1 heterocycles. The Balaban J connectivity index is 1.71. The van der Waals surface area contributed by atoms with Crippen LogP contribution in [0.3, 0.4) is 0 Å². The van der Waals surface area contributed by atoms with E-state index in [0.717, 1.165) is 24.2 Å². The number of hydrazone groups is 1. The van der Waals surface area contributed by atoms with E-state index >= 15 is 0 Å². The number of nitrogens with one attached hydrogen (secondary N) is 1. The predicted octanol–water partition coefficient (Wildman–Crippen LogP) is 3.24. The zero-order valence-corrected chi connectivity index (χ0v) is 15.5. The molecule has 0 atom stereocenters. The van der Waals surface area contributed by atoms with E-state index in [1.807, 2.05) is 6.07 Å². The van der Waals surface area contributed by atoms with Gasteiger partial charge in [-0.15, -0.1) is 0 Å². The molecule has 2 aromatic carbocycles. The van der Waals surface area contributed by atoms with Crippen LogP contribution in [0.25, 0.3) is 0 Å². The smallest absolute Gasteiger partial charge is 0.275 e. The average Bonchev–Trinajstić information content (AvgIpc) is 2.68. The normalized spacial score (nSPS) is 15.5. The molecule has 27 heavy (non-hydrogen) atoms. The molecule has 0 aromatic heterocycles. The highest BCUT2D eigenvalue weighted by Gasteiger charge is 2.14. The van der Waals surface area contributed by atoms with Crippen LogP contribution in [-0.2, 0) is 6.54 Å². The number of likely N-dealkylation sites (tertiary alicyclic amines) is 1. The Bertz CT molecular complexity index is 842. The van der Waals surface area contributed by atoms with E-state index in [1.54, 1.807) is 31.2 Å². The highest BCUT2D eigenvalue weighted by molar-refractivity contribution is 6.01. The molecule has 142 valence electrons. The second-order valence-electron chi connectivity index (χ2n) is 6.84. The third-order valence-corrected chi connectivity index (χ3v) is 4.81. The molecule has 6 nitrogen and oxygen atoms in total. The number of para-hydroxylation sites is 1. The molecule has 0 spiro atoms. The lowest BCUT2D eigenvalue weighted by molar-refractivity contribution is 0.0952. The molecule has 0 aliphatic carbocycles. The molecule has 1 saturated heterocycles. The highest BCUT2D eigenvalue weighted by atomic mass is 16.3. The Hall–Kier alpha value is -2.86. The lowest BCUT2D eigenvalue weighted by Crippen LogP contribution is -2.29. The molecule has 1 aliphatic rings. The number of aromatic hydroxyl groups is 2. The summed E-state index contributed by atoms with van der Waals surface area (Å²) in [6.45, 7) is 4.60. The Morgan fingerprint density at radius 2 is 1.81 bits per heavy atom. The molecule has 3 rings (SSSR count). The van der Waals surface area contributed by atoms with Gasteiger partial charge in [-0.3, -0.25) is 9.69 Å². The molecular weight excluding hydrogens is 342 g/mol. The van der Waals surface area contributed by atoms with Crippen LogP contribution in [0.4, 0.5) is 0 Å². The van der Waals surface area contributed by atoms with Crippen molar-refractivity contribution >= 4 is 11.6 Å². The standard InChI is InChI=1S/C21H25N3O3/c1-15(22-23-21(27)18-7-3-4-8-20(18)26)16-9-10-19(25)17(13-16)14-24-11-5-2-6-12-24/h3-4,7-10,13,25-26H,2,5-6,11-12,14H2,1H3,(H,23,27)/b22-15+. The molecule has 0 radical (unpaired) electrons. The van der Waals surface area contributed by atoms with Gasteiger partial charge in [0.15, 0.2) is 0 Å². The second kappa shape index (κ2) is 8.68. The fourth-order valence-corrected chi connectivity index (χ4v) is 3.22. The molecule has 6 heteroatoms. The number of carbonyl (C=O) groups is 1. The van der Waals surface area contributed by atoms with Crippen LogP contribution in [0.15, 0.2) is 47.6 Å². The minimum atomic E-state index is -0.472. The monoisotopic (exact) mass is 367 g/mol. The first-order valence-electron chi connectivity index (χ1n) is 9.22. The van der Waals surface area contributed by atoms with Gasteiger partial charge in [-0.05, 0) is 68.8 Å². The molecule has 0 saturated carbocycles. The number of phenolic OH excluding ortho intramolecular Hbond substituents is 2. The Morgan fingerprint density at radius 3 is 2.56 bits per heavy atom. The van der Waals surface area contributed by atoms with Crippen LogP contribution >= 0.6 is 0 Å². The number of nitrogens with zero attached hydrogens (tertiary/aromatic N) is 2. The largest absolute Gasteiger partial charge is 0.508 e. The predicted molar refractivity (Wildman–Crippen MR) is 105 cm³/mol. The number of carbonyl (C=O) groups excluding carboxylic acids is 1. The number of amides is 1. The van der Waals surface area contributed by atoms with Crippen molar-refractivity contribution in [3.63, 3.8) is 0 Å². The minimum Gasteiger partial charge on any atom is -0.508 e. The van der Waals surface area contributed by atoms with Gasteiger partial charge in [0.2, 0.25) is 0 Å². The molecule has 0 unspecified atom stereocenters. The van der Waals surface area contributed by atoms with Crippen molar-refractivity contribution in [3.05, 3.63) is 59.2 Å². The van der Waals surface area contributed by atoms with Crippen molar-refractivity contribution in [1.82, 2.24) is 10.3 Å². The number of hydrogen-bond acceptors (Lipinski definition) is 5. The lowest BCUT2D eigenvalue weighted by Gasteiger charge is -2.26. The van der Waals surface area contributed by atoms with Crippen LogP contribution in [0, 0.1) is 0 Å². The zero-order valence-electron chi connectivity index (χ0n) is 15.5. The molecular formula is C21H25N3O3. The van der Waals surface area contributed by atoms with Gasteiger partial charge in [-0.2, -0.15) is 5.10 Å². The molecule has 0 bridgehead atoms. The summed E-state index contributed by atoms with van der Waals surface area (Å²) in [7, 11) is 0. The molecule has 1 fully saturated rings. The number of phenols is 2. The quantitative estimate of drug-likeness (QED) is 0.559. The number of rotatable bonds is 5. The van der Waals surface area contributed by atoms with Crippen molar-refractivity contribution < 1.29 is 15.0 Å². The summed E-state index contributed by atoms with van der Waals surface area (Å²) in [5, 5.41) is 24.1. The van der Waals surface area contributed by atoms with Crippen LogP contribution in [-0.4, -0.2) is 39.8 Å². The van der Waals surface area contributed by atoms with E-state index in [-0.39, 0.29) is 17.1 Å². The van der Waals surface area contributed by atoms with Crippen molar-refractivity contribution in [1.29, 1.82) is 0 Å². The summed E-state index contributed by atoms with van der Waals surface area (Å²) in [6.07, 6.45) is 3.66. The fraction of sp³-hybridized carbons (Fsp3) is 0.333. The van der Waals surface area contributed by atoms with Gasteiger partial charge < -0.3 is 10.2 Å². The maximum absolute atomic E-state index is 12.2. The van der Waals surface area contributed by atoms with Crippen molar-refractivity contribution in [3.8, 4) is 11.5 Å². The topological polar surface area (TPSA) is 85.2 Å². The molecule has 1 aliphatic heterocycles. The minimum absolute atomic E-state index is 0.0868. The summed E-state index contributed by atoms with van der Waals surface area (Å²) in [5.41, 5.74) is 4.95. The zero-order chi connectivity index (χ0) is 19.2. The molecule has 2 aromatic rings. The summed E-state index contributed by atoms with van der Waals surface area (Å²) in [4.78, 5) is 14.5. The van der Waals surface area contributed by atoms with Crippen LogP contribution in [0.2, 0.25) is 0 Å². The Morgan fingerprint density at radius 1 is 1.07 bits per heavy atom. The van der Waals surface area contributed by atoms with Gasteiger partial charge in [0.1, 0.15) is 11.5 Å². The Labute approximate surface area is 159 Å². The van der Waals surface area contributed by atoms with Gasteiger partial charge in [-0.25, -0.2) is 5.43 Å². The van der Waals surface area contributed by atoms with E-state index in [0.29, 0.717) is 12.3 Å². The number of piperidine rings is 1. The van der Waals surface area contributed by atoms with E-state index in [9.17, 15) is 15.0 Å². The van der Waals surface area contributed by atoms with Gasteiger partial charge in [-0.1, -0.05) is 18.6 Å². The maximum atomic E-state index is 12.2. The SMILES string of the molecule is C/C(=N\NC(=O)c1ccccc1O)c1ccc(O)c(CN2CCCCC2)c1.